The van der Waals surface area contributed by atoms with E-state index in [-0.39, 0.29) is 23.9 Å². The molecule has 0 aliphatic rings. The van der Waals surface area contributed by atoms with E-state index in [9.17, 15) is 0 Å². The van der Waals surface area contributed by atoms with Crippen molar-refractivity contribution >= 4 is 23.9 Å². The topological polar surface area (TPSA) is 52.0 Å². The van der Waals surface area contributed by atoms with Crippen LogP contribution in [0.4, 0.5) is 0 Å². The molecule has 0 atom stereocenters. The van der Waals surface area contributed by atoms with Crippen LogP contribution in [0.3, 0.4) is 0 Å². The van der Waals surface area contributed by atoms with E-state index in [1.807, 2.05) is 0 Å². The Labute approximate surface area is 48.9 Å². The smallest absolute Gasteiger partial charge is 0.00461 e. The molecule has 30 valence electrons. The first kappa shape index (κ1) is 9.21. The first-order valence-corrected chi connectivity index (χ1v) is 1.32. The Morgan fingerprint density at radius 1 is 1.00 bits per heavy atom. The molecular formula is C2H8N2Sn. The molecule has 0 saturated heterocycles. The van der Waals surface area contributed by atoms with Crippen molar-refractivity contribution in [2.45, 2.75) is 0 Å². The van der Waals surface area contributed by atoms with Crippen molar-refractivity contribution in [3.63, 3.8) is 0 Å². The number of hydrogen-bond donors (Lipinski definition) is 2. The molecule has 0 unspecified atom stereocenters. The third-order valence-corrected chi connectivity index (χ3v) is 0.167. The third kappa shape index (κ3) is 11.8. The molecule has 0 fully saturated rings. The van der Waals surface area contributed by atoms with Gasteiger partial charge in [-0.3, -0.25) is 0 Å². The van der Waals surface area contributed by atoms with Gasteiger partial charge in [0.25, 0.3) is 0 Å². The van der Waals surface area contributed by atoms with E-state index in [1.165, 1.54) is 0 Å². The van der Waals surface area contributed by atoms with Crippen LogP contribution in [0.15, 0.2) is 0 Å². The molecule has 0 aliphatic heterocycles. The molecule has 0 bridgehead atoms. The molecule has 0 rings (SSSR count). The Morgan fingerprint density at radius 3 is 1.20 bits per heavy atom. The van der Waals surface area contributed by atoms with Gasteiger partial charge in [0.2, 0.25) is 0 Å². The van der Waals surface area contributed by atoms with Gasteiger partial charge in [-0.25, -0.2) is 0 Å². The van der Waals surface area contributed by atoms with Gasteiger partial charge in [0, 0.05) is 37.0 Å². The normalized spacial score (nSPS) is 6.00. The van der Waals surface area contributed by atoms with Crippen LogP contribution in [0.1, 0.15) is 0 Å². The van der Waals surface area contributed by atoms with Gasteiger partial charge in [0.1, 0.15) is 0 Å². The first-order valence-electron chi connectivity index (χ1n) is 1.32. The zero-order valence-electron chi connectivity index (χ0n) is 3.07. The van der Waals surface area contributed by atoms with E-state index < -0.39 is 0 Å². The van der Waals surface area contributed by atoms with E-state index >= 15 is 0 Å². The maximum Gasteiger partial charge on any atom is 0.00461 e. The summed E-state index contributed by atoms with van der Waals surface area (Å²) in [6, 6.07) is 0. The van der Waals surface area contributed by atoms with Crippen LogP contribution in [0.5, 0.6) is 0 Å². The third-order valence-electron chi connectivity index (χ3n) is 0.167. The SMILES string of the molecule is NCCN.[Sn]. The van der Waals surface area contributed by atoms with Crippen molar-refractivity contribution < 1.29 is 0 Å². The van der Waals surface area contributed by atoms with E-state index in [2.05, 4.69) is 0 Å². The van der Waals surface area contributed by atoms with Crippen LogP contribution in [0.2, 0.25) is 0 Å². The minimum atomic E-state index is 0. The van der Waals surface area contributed by atoms with E-state index in [0.717, 1.165) is 0 Å². The Bertz CT molecular complexity index is 9.61. The molecule has 0 saturated carbocycles. The van der Waals surface area contributed by atoms with Gasteiger partial charge in [0.15, 0.2) is 0 Å². The number of rotatable bonds is 1. The van der Waals surface area contributed by atoms with Gasteiger partial charge in [0.05, 0.1) is 0 Å². The summed E-state index contributed by atoms with van der Waals surface area (Å²) in [6.07, 6.45) is 0. The molecule has 0 aliphatic carbocycles. The standard InChI is InChI=1S/C2H8N2.Sn/c3-1-2-4;/h1-4H2;. The minimum Gasteiger partial charge on any atom is -0.329 e. The number of hydrogen-bond acceptors (Lipinski definition) is 2. The monoisotopic (exact) mass is 180 g/mol. The zero-order valence-corrected chi connectivity index (χ0v) is 5.92. The molecule has 3 heteroatoms. The predicted octanol–water partition coefficient (Wildman–Crippen LogP) is -1.48. The van der Waals surface area contributed by atoms with E-state index in [1.54, 1.807) is 0 Å². The van der Waals surface area contributed by atoms with Crippen LogP contribution in [-0.2, 0) is 0 Å². The molecule has 4 N–H and O–H groups in total. The molecular weight excluding hydrogens is 171 g/mol. The van der Waals surface area contributed by atoms with Crippen LogP contribution in [0.25, 0.3) is 0 Å². The second-order valence-corrected chi connectivity index (χ2v) is 0.577. The average molecular weight is 179 g/mol. The average Bonchev–Trinajstić information content (AvgIpc) is 1.37. The fourth-order valence-corrected chi connectivity index (χ4v) is 0. The first-order chi connectivity index (χ1) is 1.91. The number of nitrogens with two attached hydrogens (primary N) is 2. The van der Waals surface area contributed by atoms with E-state index in [4.69, 9.17) is 11.5 Å². The van der Waals surface area contributed by atoms with Gasteiger partial charge in [-0.15, -0.1) is 0 Å². The Kier molecular flexibility index (Phi) is 16.3. The Morgan fingerprint density at radius 2 is 1.20 bits per heavy atom. The van der Waals surface area contributed by atoms with Crippen molar-refractivity contribution in [3.05, 3.63) is 0 Å². The zero-order chi connectivity index (χ0) is 3.41. The molecule has 2 nitrogen and oxygen atoms in total. The van der Waals surface area contributed by atoms with Crippen LogP contribution < -0.4 is 11.5 Å². The maximum absolute atomic E-state index is 4.90. The maximum atomic E-state index is 4.90. The summed E-state index contributed by atoms with van der Waals surface area (Å²) in [5.41, 5.74) is 9.81. The summed E-state index contributed by atoms with van der Waals surface area (Å²) in [5.74, 6) is 0. The van der Waals surface area contributed by atoms with E-state index in [0.29, 0.717) is 13.1 Å². The predicted molar refractivity (Wildman–Crippen MR) is 23.9 cm³/mol. The molecule has 0 aromatic carbocycles. The molecule has 0 aromatic rings. The summed E-state index contributed by atoms with van der Waals surface area (Å²) in [6.45, 7) is 1.19. The largest absolute Gasteiger partial charge is 0.329 e. The van der Waals surface area contributed by atoms with Gasteiger partial charge < -0.3 is 11.5 Å². The Hall–Kier alpha value is 0.719. The Balaban J connectivity index is 0. The van der Waals surface area contributed by atoms with Gasteiger partial charge in [-0.2, -0.15) is 0 Å². The quantitative estimate of drug-likeness (QED) is 0.482. The molecule has 0 amide bonds. The van der Waals surface area contributed by atoms with Crippen molar-refractivity contribution in [2.75, 3.05) is 13.1 Å². The van der Waals surface area contributed by atoms with Crippen molar-refractivity contribution in [3.8, 4) is 0 Å². The molecule has 0 heterocycles. The van der Waals surface area contributed by atoms with Crippen molar-refractivity contribution in [2.24, 2.45) is 11.5 Å². The summed E-state index contributed by atoms with van der Waals surface area (Å²) < 4.78 is 0. The van der Waals surface area contributed by atoms with Crippen molar-refractivity contribution in [1.82, 2.24) is 0 Å². The molecule has 4 radical (unpaired) electrons. The van der Waals surface area contributed by atoms with Crippen LogP contribution in [-0.4, -0.2) is 37.0 Å². The van der Waals surface area contributed by atoms with Crippen LogP contribution in [0, 0.1) is 0 Å². The minimum absolute atomic E-state index is 0. The fraction of sp³-hybridized carbons (Fsp3) is 1.00. The fourth-order valence-electron chi connectivity index (χ4n) is 0. The van der Waals surface area contributed by atoms with Gasteiger partial charge in [-0.1, -0.05) is 0 Å². The summed E-state index contributed by atoms with van der Waals surface area (Å²) >= 11 is 0. The molecule has 0 aromatic heterocycles. The second kappa shape index (κ2) is 8.83. The van der Waals surface area contributed by atoms with Gasteiger partial charge >= 0.3 is 0 Å². The van der Waals surface area contributed by atoms with Crippen LogP contribution >= 0.6 is 0 Å². The summed E-state index contributed by atoms with van der Waals surface area (Å²) in [7, 11) is 0. The molecule has 0 spiro atoms. The van der Waals surface area contributed by atoms with Gasteiger partial charge in [-0.05, 0) is 0 Å². The van der Waals surface area contributed by atoms with Crippen molar-refractivity contribution in [1.29, 1.82) is 0 Å². The molecule has 5 heavy (non-hydrogen) atoms. The summed E-state index contributed by atoms with van der Waals surface area (Å²) in [5, 5.41) is 0. The summed E-state index contributed by atoms with van der Waals surface area (Å²) in [4.78, 5) is 0. The second-order valence-electron chi connectivity index (χ2n) is 0.577.